The van der Waals surface area contributed by atoms with E-state index in [1.165, 1.54) is 18.4 Å². The van der Waals surface area contributed by atoms with Gasteiger partial charge in [0.2, 0.25) is 5.88 Å². The molecule has 0 unspecified atom stereocenters. The van der Waals surface area contributed by atoms with Crippen molar-refractivity contribution in [1.29, 1.82) is 0 Å². The van der Waals surface area contributed by atoms with Crippen LogP contribution in [0.5, 0.6) is 5.88 Å². The van der Waals surface area contributed by atoms with Crippen molar-refractivity contribution in [2.75, 3.05) is 12.4 Å². The van der Waals surface area contributed by atoms with E-state index in [4.69, 9.17) is 4.74 Å². The van der Waals surface area contributed by atoms with E-state index < -0.39 is 12.7 Å². The van der Waals surface area contributed by atoms with Crippen molar-refractivity contribution in [3.8, 4) is 23.0 Å². The van der Waals surface area contributed by atoms with Gasteiger partial charge < -0.3 is 14.6 Å². The van der Waals surface area contributed by atoms with Crippen LogP contribution < -0.4 is 10.1 Å². The van der Waals surface area contributed by atoms with Crippen LogP contribution in [0.4, 0.5) is 24.1 Å². The molecule has 0 amide bonds. The topological polar surface area (TPSA) is 82.7 Å². The highest BCUT2D eigenvalue weighted by Gasteiger charge is 2.42. The lowest BCUT2D eigenvalue weighted by Crippen LogP contribution is -2.20. The summed E-state index contributed by atoms with van der Waals surface area (Å²) in [4.78, 5) is 13.3. The van der Waals surface area contributed by atoms with E-state index in [9.17, 15) is 13.2 Å². The van der Waals surface area contributed by atoms with Crippen molar-refractivity contribution in [2.24, 2.45) is 0 Å². The normalized spacial score (nSPS) is 14.9. The zero-order valence-corrected chi connectivity index (χ0v) is 19.5. The highest BCUT2D eigenvalue weighted by molar-refractivity contribution is 7.14. The second kappa shape index (κ2) is 8.12. The average molecular weight is 490 g/mol. The smallest absolute Gasteiger partial charge is 0.408 e. The summed E-state index contributed by atoms with van der Waals surface area (Å²) in [5.41, 5.74) is 3.26. The molecular formula is C22H22F3N7OS. The molecule has 0 aromatic carbocycles. The molecule has 5 rings (SSSR count). The summed E-state index contributed by atoms with van der Waals surface area (Å²) in [5.74, 6) is 0.667. The molecule has 0 spiro atoms. The Morgan fingerprint density at radius 2 is 2.00 bits per heavy atom. The predicted molar refractivity (Wildman–Crippen MR) is 122 cm³/mol. The molecule has 0 bridgehead atoms. The first-order valence-electron chi connectivity index (χ1n) is 10.6. The fourth-order valence-corrected chi connectivity index (χ4v) is 4.29. The van der Waals surface area contributed by atoms with E-state index in [-0.39, 0.29) is 11.2 Å². The Bertz CT molecular complexity index is 1340. The minimum Gasteiger partial charge on any atom is -0.479 e. The molecule has 1 saturated carbocycles. The molecule has 8 nitrogen and oxygen atoms in total. The van der Waals surface area contributed by atoms with E-state index >= 15 is 0 Å². The maximum absolute atomic E-state index is 13.1. The Morgan fingerprint density at radius 1 is 1.21 bits per heavy atom. The zero-order chi connectivity index (χ0) is 24.1. The third-order valence-corrected chi connectivity index (χ3v) is 6.51. The number of ether oxygens (including phenoxy) is 1. The average Bonchev–Trinajstić information content (AvgIpc) is 3.15. The fraction of sp³-hybridized carbons (Fsp3) is 0.364. The molecule has 0 aliphatic heterocycles. The number of methoxy groups -OCH3 is 1. The number of thiazole rings is 1. The number of nitrogens with zero attached hydrogens (tertiary/aromatic N) is 6. The Balaban J connectivity index is 1.41. The minimum absolute atomic E-state index is 0.155. The number of aryl methyl sites for hydroxylation is 1. The van der Waals surface area contributed by atoms with Crippen LogP contribution in [0.25, 0.3) is 17.1 Å². The second-order valence-electron chi connectivity index (χ2n) is 8.56. The molecule has 34 heavy (non-hydrogen) atoms. The van der Waals surface area contributed by atoms with Gasteiger partial charge in [0.25, 0.3) is 0 Å². The number of rotatable bonds is 7. The maximum atomic E-state index is 13.1. The number of halogens is 3. The SMILES string of the molecule is COc1nc(-c2csc(Nc3cc(C4(C)CC4)nn3CC(F)(F)F)n2)ccc1-n1cnc(C)c1. The van der Waals surface area contributed by atoms with Crippen LogP contribution in [0.2, 0.25) is 0 Å². The highest BCUT2D eigenvalue weighted by Crippen LogP contribution is 2.47. The molecule has 4 heterocycles. The summed E-state index contributed by atoms with van der Waals surface area (Å²) in [7, 11) is 1.53. The first-order chi connectivity index (χ1) is 16.1. The van der Waals surface area contributed by atoms with Gasteiger partial charge in [0.1, 0.15) is 23.7 Å². The van der Waals surface area contributed by atoms with Crippen molar-refractivity contribution in [3.05, 3.63) is 47.5 Å². The molecule has 1 aliphatic rings. The van der Waals surface area contributed by atoms with Crippen LogP contribution in [-0.2, 0) is 12.0 Å². The van der Waals surface area contributed by atoms with Gasteiger partial charge in [-0.3, -0.25) is 0 Å². The van der Waals surface area contributed by atoms with E-state index in [1.54, 1.807) is 17.8 Å². The van der Waals surface area contributed by atoms with Crippen LogP contribution in [0.3, 0.4) is 0 Å². The van der Waals surface area contributed by atoms with Gasteiger partial charge in [-0.25, -0.2) is 19.6 Å². The molecule has 178 valence electrons. The quantitative estimate of drug-likeness (QED) is 0.381. The van der Waals surface area contributed by atoms with Crippen LogP contribution in [0.15, 0.2) is 36.1 Å². The summed E-state index contributed by atoms with van der Waals surface area (Å²) in [6.45, 7) is 2.73. The number of alkyl halides is 3. The van der Waals surface area contributed by atoms with Crippen LogP contribution >= 0.6 is 11.3 Å². The molecule has 0 radical (unpaired) electrons. The van der Waals surface area contributed by atoms with Crippen LogP contribution in [0, 0.1) is 6.92 Å². The summed E-state index contributed by atoms with van der Waals surface area (Å²) in [6, 6.07) is 5.35. The van der Waals surface area contributed by atoms with Crippen LogP contribution in [-0.4, -0.2) is 42.6 Å². The Kier molecular flexibility index (Phi) is 5.34. The zero-order valence-electron chi connectivity index (χ0n) is 18.7. The van der Waals surface area contributed by atoms with E-state index in [0.29, 0.717) is 28.1 Å². The van der Waals surface area contributed by atoms with Crippen molar-refractivity contribution in [3.63, 3.8) is 0 Å². The van der Waals surface area contributed by atoms with Crippen LogP contribution in [0.1, 0.15) is 31.2 Å². The summed E-state index contributed by atoms with van der Waals surface area (Å²) in [6.07, 6.45) is 0.997. The molecular weight excluding hydrogens is 467 g/mol. The number of hydrogen-bond acceptors (Lipinski definition) is 7. The molecule has 1 aliphatic carbocycles. The molecule has 0 atom stereocenters. The summed E-state index contributed by atoms with van der Waals surface area (Å²) < 4.78 is 47.6. The molecule has 0 saturated heterocycles. The van der Waals surface area contributed by atoms with Gasteiger partial charge in [0, 0.05) is 23.1 Å². The number of aromatic nitrogens is 6. The van der Waals surface area contributed by atoms with E-state index in [2.05, 4.69) is 25.4 Å². The van der Waals surface area contributed by atoms with Gasteiger partial charge in [-0.2, -0.15) is 18.3 Å². The monoisotopic (exact) mass is 489 g/mol. The first kappa shape index (κ1) is 22.4. The first-order valence-corrected chi connectivity index (χ1v) is 11.5. The van der Waals surface area contributed by atoms with Crippen molar-refractivity contribution >= 4 is 22.3 Å². The van der Waals surface area contributed by atoms with E-state index in [1.807, 2.05) is 36.7 Å². The number of nitrogens with one attached hydrogen (secondary N) is 1. The second-order valence-corrected chi connectivity index (χ2v) is 9.42. The number of imidazole rings is 1. The molecule has 4 aromatic rings. The van der Waals surface area contributed by atoms with Gasteiger partial charge in [-0.1, -0.05) is 6.92 Å². The lowest BCUT2D eigenvalue weighted by Gasteiger charge is -2.10. The van der Waals surface area contributed by atoms with Gasteiger partial charge in [0.05, 0.1) is 30.5 Å². The van der Waals surface area contributed by atoms with Gasteiger partial charge >= 0.3 is 6.18 Å². The molecule has 12 heteroatoms. The molecule has 4 aromatic heterocycles. The highest BCUT2D eigenvalue weighted by atomic mass is 32.1. The Morgan fingerprint density at radius 3 is 2.65 bits per heavy atom. The third-order valence-electron chi connectivity index (χ3n) is 5.75. The predicted octanol–water partition coefficient (Wildman–Crippen LogP) is 5.26. The number of hydrogen-bond donors (Lipinski definition) is 1. The van der Waals surface area contributed by atoms with Gasteiger partial charge in [-0.15, -0.1) is 11.3 Å². The lowest BCUT2D eigenvalue weighted by molar-refractivity contribution is -0.142. The van der Waals surface area contributed by atoms with Crippen molar-refractivity contribution in [2.45, 2.75) is 44.8 Å². The van der Waals surface area contributed by atoms with Crippen molar-refractivity contribution in [1.82, 2.24) is 29.3 Å². The Hall–Kier alpha value is -3.41. The maximum Gasteiger partial charge on any atom is 0.408 e. The summed E-state index contributed by atoms with van der Waals surface area (Å²) in [5, 5.41) is 9.47. The fourth-order valence-electron chi connectivity index (χ4n) is 3.58. The van der Waals surface area contributed by atoms with E-state index in [0.717, 1.165) is 28.9 Å². The molecule has 1 fully saturated rings. The van der Waals surface area contributed by atoms with Crippen molar-refractivity contribution < 1.29 is 17.9 Å². The van der Waals surface area contributed by atoms with Gasteiger partial charge in [0.15, 0.2) is 5.13 Å². The standard InChI is InChI=1S/C22H22F3N7OS/c1-13-9-31(12-26-13)16-5-4-14(27-19(16)33-3)15-10-34-20(28-15)29-18-8-17(21(2)6-7-21)30-32(18)11-22(23,24)25/h4-5,8-10,12H,6-7,11H2,1-3H3,(H,28,29). The van der Waals surface area contributed by atoms with Gasteiger partial charge in [-0.05, 0) is 31.9 Å². The minimum atomic E-state index is -4.38. The lowest BCUT2D eigenvalue weighted by atomic mass is 10.1. The Labute approximate surface area is 197 Å². The third kappa shape index (κ3) is 4.49. The number of pyridine rings is 1. The summed E-state index contributed by atoms with van der Waals surface area (Å²) >= 11 is 1.28. The number of anilines is 2. The molecule has 1 N–H and O–H groups in total. The largest absolute Gasteiger partial charge is 0.479 e.